The molecule has 0 bridgehead atoms. The first-order valence-corrected chi connectivity index (χ1v) is 23.9. The summed E-state index contributed by atoms with van der Waals surface area (Å²) in [6.45, 7) is 3.47. The Kier molecular flexibility index (Phi) is 17.6. The van der Waals surface area contributed by atoms with Crippen molar-refractivity contribution < 1.29 is 105 Å². The van der Waals surface area contributed by atoms with Gasteiger partial charge in [0.1, 0.15) is 32.7 Å². The number of nitrogens with one attached hydrogen (secondary N) is 2. The zero-order valence-corrected chi connectivity index (χ0v) is 46.5. The molecule has 0 spiro atoms. The topological polar surface area (TPSA) is 324 Å². The maximum absolute atomic E-state index is 13.8. The molecule has 0 fully saturated rings. The van der Waals surface area contributed by atoms with Gasteiger partial charge in [0.2, 0.25) is 33.0 Å². The van der Waals surface area contributed by atoms with Gasteiger partial charge in [0.25, 0.3) is 20.2 Å². The summed E-state index contributed by atoms with van der Waals surface area (Å²) in [5.41, 5.74) is 1.81. The number of anilines is 4. The van der Waals surface area contributed by atoms with E-state index in [0.29, 0.717) is 33.6 Å². The summed E-state index contributed by atoms with van der Waals surface area (Å²) >= 11 is 23.4. The normalized spacial score (nSPS) is 11.8. The number of fused-ring (bicyclic) bond motifs is 2. The summed E-state index contributed by atoms with van der Waals surface area (Å²) in [6.07, 6.45) is 0. The molecule has 0 radical (unpaired) electrons. The van der Waals surface area contributed by atoms with E-state index in [0.717, 1.165) is 12.1 Å². The van der Waals surface area contributed by atoms with Crippen molar-refractivity contribution in [2.45, 2.75) is 23.6 Å². The molecule has 2 aromatic heterocycles. The van der Waals surface area contributed by atoms with Crippen LogP contribution in [0.25, 0.3) is 32.7 Å². The van der Waals surface area contributed by atoms with E-state index < -0.39 is 52.9 Å². The molecule has 358 valence electrons. The van der Waals surface area contributed by atoms with E-state index in [1.807, 2.05) is 0 Å². The van der Waals surface area contributed by atoms with Crippen LogP contribution in [0.15, 0.2) is 103 Å². The Morgan fingerprint density at radius 1 is 0.528 bits per heavy atom. The van der Waals surface area contributed by atoms with Crippen molar-refractivity contribution in [1.29, 1.82) is 0 Å². The number of aryl methyl sites for hydroxylation is 2. The van der Waals surface area contributed by atoms with Crippen molar-refractivity contribution in [3.63, 3.8) is 0 Å². The van der Waals surface area contributed by atoms with Crippen LogP contribution in [0.5, 0.6) is 23.0 Å². The molecule has 72 heavy (non-hydrogen) atoms. The van der Waals surface area contributed by atoms with Gasteiger partial charge < -0.3 is 30.3 Å². The minimum atomic E-state index is -5.04. The fraction of sp³-hybridized carbons (Fsp3) is 0.0952. The number of hydrogen-bond acceptors (Lipinski definition) is 20. The third-order valence-electron chi connectivity index (χ3n) is 10.1. The van der Waals surface area contributed by atoms with Crippen LogP contribution in [0.2, 0.25) is 21.1 Å². The Morgan fingerprint density at radius 3 is 1.19 bits per heavy atom. The minimum absolute atomic E-state index is 0. The molecule has 0 amide bonds. The second-order valence-electron chi connectivity index (χ2n) is 14.6. The van der Waals surface area contributed by atoms with Crippen molar-refractivity contribution in [3.05, 3.63) is 105 Å². The van der Waals surface area contributed by atoms with Crippen LogP contribution in [0.3, 0.4) is 0 Å². The molecular weight excluding hydrogens is 1080 g/mol. The van der Waals surface area contributed by atoms with Gasteiger partial charge in [0.15, 0.2) is 0 Å². The molecule has 0 saturated heterocycles. The van der Waals surface area contributed by atoms with Crippen molar-refractivity contribution in [2.75, 3.05) is 24.9 Å². The number of methoxy groups -OCH3 is 2. The second-order valence-corrected chi connectivity index (χ2v) is 18.8. The fourth-order valence-corrected chi connectivity index (χ4v) is 9.09. The predicted molar refractivity (Wildman–Crippen MR) is 255 cm³/mol. The SMILES string of the molecule is COc1cc(-c2cc(OC)c(N=Nc3c(S(=O)(=O)O)cc4cc(Nc5nc(Cl)nc(Cl)n5)ccc4c3[O-])cc2C)c(C)cc1N=Nc1c(S(=O)(=O)O)cc2cc(Nc3nc(Cl)nc(Cl)n3)ccc2c1[O-].[Na+].[Na+]. The van der Waals surface area contributed by atoms with Crippen LogP contribution >= 0.6 is 46.4 Å². The van der Waals surface area contributed by atoms with Gasteiger partial charge in [-0.25, -0.2) is 0 Å². The zero-order valence-electron chi connectivity index (χ0n) is 37.9. The number of hydrogen-bond donors (Lipinski definition) is 4. The summed E-state index contributed by atoms with van der Waals surface area (Å²) in [7, 11) is -7.36. The Hall–Kier alpha value is -5.16. The van der Waals surface area contributed by atoms with Crippen LogP contribution in [-0.2, 0) is 20.2 Å². The molecule has 8 aromatic rings. The Morgan fingerprint density at radius 2 is 0.875 bits per heavy atom. The van der Waals surface area contributed by atoms with Gasteiger partial charge in [-0.2, -0.15) is 46.7 Å². The van der Waals surface area contributed by atoms with Crippen LogP contribution < -0.4 is 89.4 Å². The molecule has 0 atom stereocenters. The molecule has 30 heteroatoms. The number of benzene rings is 6. The van der Waals surface area contributed by atoms with E-state index in [4.69, 9.17) is 55.9 Å². The molecule has 6 aromatic carbocycles. The van der Waals surface area contributed by atoms with Gasteiger partial charge >= 0.3 is 59.1 Å². The predicted octanol–water partition coefficient (Wildman–Crippen LogP) is 4.24. The summed E-state index contributed by atoms with van der Waals surface area (Å²) in [4.78, 5) is 21.4. The van der Waals surface area contributed by atoms with Crippen molar-refractivity contribution in [2.24, 2.45) is 20.5 Å². The number of nitrogens with zero attached hydrogens (tertiary/aromatic N) is 10. The van der Waals surface area contributed by atoms with Crippen molar-refractivity contribution in [3.8, 4) is 34.1 Å². The summed E-state index contributed by atoms with van der Waals surface area (Å²) in [5, 5.41) is 49.1. The number of azo groups is 2. The van der Waals surface area contributed by atoms with E-state index in [2.05, 4.69) is 61.0 Å². The molecule has 22 nitrogen and oxygen atoms in total. The maximum Gasteiger partial charge on any atom is 1.00 e. The third kappa shape index (κ3) is 12.3. The van der Waals surface area contributed by atoms with Crippen LogP contribution in [0.4, 0.5) is 46.0 Å². The van der Waals surface area contributed by atoms with Crippen LogP contribution in [0.1, 0.15) is 11.1 Å². The van der Waals surface area contributed by atoms with Crippen molar-refractivity contribution >= 4 is 134 Å². The first-order valence-electron chi connectivity index (χ1n) is 19.5. The smallest absolute Gasteiger partial charge is 0.871 e. The second kappa shape index (κ2) is 22.5. The molecule has 8 rings (SSSR count). The largest absolute Gasteiger partial charge is 1.00 e. The van der Waals surface area contributed by atoms with Crippen LogP contribution in [-0.4, -0.2) is 70.1 Å². The molecule has 4 N–H and O–H groups in total. The van der Waals surface area contributed by atoms with Gasteiger partial charge in [-0.15, -0.1) is 20.5 Å². The van der Waals surface area contributed by atoms with Crippen molar-refractivity contribution in [1.82, 2.24) is 29.9 Å². The van der Waals surface area contributed by atoms with Gasteiger partial charge in [-0.05, 0) is 165 Å². The molecule has 2 heterocycles. The molecule has 0 aliphatic carbocycles. The average Bonchev–Trinajstić information content (AvgIpc) is 3.27. The summed E-state index contributed by atoms with van der Waals surface area (Å²) in [6, 6.07) is 17.1. The quantitative estimate of drug-likeness (QED) is 0.0712. The number of aromatic nitrogens is 6. The first-order chi connectivity index (χ1) is 33.1. The number of ether oxygens (including phenoxy) is 2. The van der Waals surface area contributed by atoms with Gasteiger partial charge in [-0.1, -0.05) is 23.6 Å². The van der Waals surface area contributed by atoms with E-state index in [1.165, 1.54) is 50.6 Å². The molecule has 0 saturated carbocycles. The maximum atomic E-state index is 13.8. The van der Waals surface area contributed by atoms with E-state index >= 15 is 0 Å². The van der Waals surface area contributed by atoms with Crippen LogP contribution in [0, 0.1) is 13.8 Å². The Bertz CT molecular complexity index is 3510. The standard InChI is InChI=1S/C42H30Cl4N12O10S2.2Na/c1-17-9-27(55-57-33-31(69(61,62)63)13-19-11-21(5-7-23(19)35(33)59)47-41-51-37(43)49-38(44)52-41)29(67-3)15-25(17)26-16-30(68-4)28(10-18(26)2)56-58-34-32(70(64,65)66)14-20-12-22(6-8-24(20)36(34)60)48-42-53-39(45)50-40(46)54-42;;/h5-16,59-60H,1-4H3,(H,61,62,63)(H,64,65,66)(H,47,49,51,52)(H,48,50,53,54);;/q;2*+1/p-2. The number of halogens is 4. The monoisotopic (exact) mass is 1110 g/mol. The summed E-state index contributed by atoms with van der Waals surface area (Å²) in [5.74, 6) is -1.51. The van der Waals surface area contributed by atoms with Gasteiger partial charge in [0.05, 0.1) is 25.6 Å². The zero-order chi connectivity index (χ0) is 50.4. The van der Waals surface area contributed by atoms with Gasteiger partial charge in [0, 0.05) is 11.4 Å². The first kappa shape index (κ1) is 56.1. The molecule has 0 unspecified atom stereocenters. The fourth-order valence-electron chi connectivity index (χ4n) is 7.05. The Labute approximate surface area is 472 Å². The van der Waals surface area contributed by atoms with Gasteiger partial charge in [-0.3, -0.25) is 9.11 Å². The number of rotatable bonds is 13. The minimum Gasteiger partial charge on any atom is -0.871 e. The molecular formula is C42H28Cl4N12Na2O10S2. The third-order valence-corrected chi connectivity index (χ3v) is 12.6. The Balaban J connectivity index is 0.00000423. The molecule has 0 aliphatic rings. The summed E-state index contributed by atoms with van der Waals surface area (Å²) < 4.78 is 82.2. The molecule has 0 aliphatic heterocycles. The van der Waals surface area contributed by atoms with E-state index in [9.17, 15) is 36.2 Å². The average molecular weight is 1110 g/mol. The van der Waals surface area contributed by atoms with E-state index in [-0.39, 0.29) is 137 Å². The van der Waals surface area contributed by atoms with E-state index in [1.54, 1.807) is 38.1 Å².